The van der Waals surface area contributed by atoms with E-state index in [4.69, 9.17) is 0 Å². The fourth-order valence-corrected chi connectivity index (χ4v) is 3.69. The van der Waals surface area contributed by atoms with Gasteiger partial charge in [0, 0.05) is 17.8 Å². The first kappa shape index (κ1) is 12.9. The third kappa shape index (κ3) is 2.81. The van der Waals surface area contributed by atoms with Crippen LogP contribution in [0.25, 0.3) is 0 Å². The fraction of sp³-hybridized carbons (Fsp3) is 0.818. The van der Waals surface area contributed by atoms with Crippen LogP contribution in [0.4, 0.5) is 0 Å². The molecule has 2 atom stereocenters. The Kier molecular flexibility index (Phi) is 4.06. The predicted molar refractivity (Wildman–Crippen MR) is 68.0 cm³/mol. The summed E-state index contributed by atoms with van der Waals surface area (Å²) in [6.45, 7) is 0.208. The van der Waals surface area contributed by atoms with Crippen molar-refractivity contribution in [3.8, 4) is 0 Å². The zero-order valence-electron chi connectivity index (χ0n) is 10.4. The van der Waals surface area contributed by atoms with Gasteiger partial charge in [0.05, 0.1) is 6.61 Å². The number of thioether (sulfide) groups is 1. The van der Waals surface area contributed by atoms with Crippen LogP contribution in [0.1, 0.15) is 25.7 Å². The van der Waals surface area contributed by atoms with E-state index in [1.54, 1.807) is 22.8 Å². The molecule has 17 heavy (non-hydrogen) atoms. The molecule has 1 saturated carbocycles. The lowest BCUT2D eigenvalue weighted by molar-refractivity contribution is 0.131. The number of rotatable bonds is 4. The van der Waals surface area contributed by atoms with Crippen molar-refractivity contribution in [3.63, 3.8) is 0 Å². The standard InChI is InChI=1S/C11H20N4OS/c1-12-11(7-16)5-3-4-9(6-11)17-10-13-8-14-15(10)2/h8-9,12,16H,3-7H2,1-2H3. The van der Waals surface area contributed by atoms with Crippen LogP contribution in [0.3, 0.4) is 0 Å². The predicted octanol–water partition coefficient (Wildman–Crippen LogP) is 0.800. The largest absolute Gasteiger partial charge is 0.394 e. The summed E-state index contributed by atoms with van der Waals surface area (Å²) in [5.41, 5.74) is -0.103. The normalized spacial score (nSPS) is 29.5. The van der Waals surface area contributed by atoms with E-state index in [0.717, 1.165) is 24.4 Å². The van der Waals surface area contributed by atoms with Gasteiger partial charge in [-0.2, -0.15) is 5.10 Å². The molecule has 2 N–H and O–H groups in total. The minimum atomic E-state index is -0.103. The minimum absolute atomic E-state index is 0.103. The molecule has 0 bridgehead atoms. The second-order valence-electron chi connectivity index (χ2n) is 4.69. The lowest BCUT2D eigenvalue weighted by atomic mass is 9.82. The van der Waals surface area contributed by atoms with Crippen molar-refractivity contribution in [2.45, 2.75) is 41.6 Å². The maximum Gasteiger partial charge on any atom is 0.186 e. The molecule has 96 valence electrons. The van der Waals surface area contributed by atoms with Crippen molar-refractivity contribution in [2.24, 2.45) is 7.05 Å². The smallest absolute Gasteiger partial charge is 0.186 e. The second-order valence-corrected chi connectivity index (χ2v) is 5.96. The van der Waals surface area contributed by atoms with Crippen molar-refractivity contribution in [1.29, 1.82) is 0 Å². The molecule has 1 fully saturated rings. The first-order valence-corrected chi connectivity index (χ1v) is 6.87. The molecular formula is C11H20N4OS. The topological polar surface area (TPSA) is 63.0 Å². The summed E-state index contributed by atoms with van der Waals surface area (Å²) in [5, 5.41) is 18.4. The third-order valence-corrected chi connectivity index (χ3v) is 4.89. The molecule has 0 radical (unpaired) electrons. The summed E-state index contributed by atoms with van der Waals surface area (Å²) in [6.07, 6.45) is 5.95. The van der Waals surface area contributed by atoms with Crippen LogP contribution < -0.4 is 5.32 Å². The van der Waals surface area contributed by atoms with Gasteiger partial charge in [-0.25, -0.2) is 9.67 Å². The van der Waals surface area contributed by atoms with Crippen LogP contribution in [0.15, 0.2) is 11.5 Å². The molecule has 1 aromatic rings. The van der Waals surface area contributed by atoms with E-state index < -0.39 is 0 Å². The summed E-state index contributed by atoms with van der Waals surface area (Å²) in [4.78, 5) is 4.24. The quantitative estimate of drug-likeness (QED) is 0.834. The average Bonchev–Trinajstić information content (AvgIpc) is 2.75. The molecule has 5 nitrogen and oxygen atoms in total. The van der Waals surface area contributed by atoms with Gasteiger partial charge >= 0.3 is 0 Å². The molecule has 2 rings (SSSR count). The molecule has 1 heterocycles. The van der Waals surface area contributed by atoms with Gasteiger partial charge in [-0.3, -0.25) is 0 Å². The Morgan fingerprint density at radius 3 is 3.12 bits per heavy atom. The summed E-state index contributed by atoms with van der Waals surface area (Å²) >= 11 is 1.77. The Morgan fingerprint density at radius 1 is 1.71 bits per heavy atom. The van der Waals surface area contributed by atoms with E-state index in [0.29, 0.717) is 5.25 Å². The third-order valence-electron chi connectivity index (χ3n) is 3.57. The van der Waals surface area contributed by atoms with Gasteiger partial charge in [0.1, 0.15) is 6.33 Å². The second kappa shape index (κ2) is 5.37. The lowest BCUT2D eigenvalue weighted by Gasteiger charge is -2.39. The van der Waals surface area contributed by atoms with Gasteiger partial charge in [0.25, 0.3) is 0 Å². The molecule has 6 heteroatoms. The molecule has 0 aromatic carbocycles. The Hall–Kier alpha value is -0.590. The van der Waals surface area contributed by atoms with Gasteiger partial charge in [0.2, 0.25) is 0 Å². The van der Waals surface area contributed by atoms with Gasteiger partial charge < -0.3 is 10.4 Å². The van der Waals surface area contributed by atoms with Crippen LogP contribution in [0.5, 0.6) is 0 Å². The van der Waals surface area contributed by atoms with E-state index in [1.165, 1.54) is 6.42 Å². The number of aromatic nitrogens is 3. The fourth-order valence-electron chi connectivity index (χ4n) is 2.40. The monoisotopic (exact) mass is 256 g/mol. The van der Waals surface area contributed by atoms with Crippen molar-refractivity contribution in [2.75, 3.05) is 13.7 Å². The zero-order chi connectivity index (χ0) is 12.3. The number of likely N-dealkylation sites (N-methyl/N-ethyl adjacent to an activating group) is 1. The highest BCUT2D eigenvalue weighted by Crippen LogP contribution is 2.37. The molecular weight excluding hydrogens is 236 g/mol. The number of aryl methyl sites for hydroxylation is 1. The number of aliphatic hydroxyl groups is 1. The van der Waals surface area contributed by atoms with Crippen molar-refractivity contribution < 1.29 is 5.11 Å². The molecule has 0 amide bonds. The van der Waals surface area contributed by atoms with Gasteiger partial charge in [-0.1, -0.05) is 18.2 Å². The molecule has 2 unspecified atom stereocenters. The average molecular weight is 256 g/mol. The Balaban J connectivity index is 2.00. The maximum atomic E-state index is 9.54. The zero-order valence-corrected chi connectivity index (χ0v) is 11.2. The Morgan fingerprint density at radius 2 is 2.53 bits per heavy atom. The van der Waals surface area contributed by atoms with Crippen LogP contribution in [0.2, 0.25) is 0 Å². The SMILES string of the molecule is CNC1(CO)CCCC(Sc2ncnn2C)C1. The highest BCUT2D eigenvalue weighted by atomic mass is 32.2. The van der Waals surface area contributed by atoms with Crippen LogP contribution in [-0.2, 0) is 7.05 Å². The highest BCUT2D eigenvalue weighted by molar-refractivity contribution is 7.99. The molecule has 1 aromatic heterocycles. The first-order chi connectivity index (χ1) is 8.19. The van der Waals surface area contributed by atoms with Crippen molar-refractivity contribution in [1.82, 2.24) is 20.1 Å². The van der Waals surface area contributed by atoms with Gasteiger partial charge in [0.15, 0.2) is 5.16 Å². The lowest BCUT2D eigenvalue weighted by Crippen LogP contribution is -2.50. The summed E-state index contributed by atoms with van der Waals surface area (Å²) in [6, 6.07) is 0. The summed E-state index contributed by atoms with van der Waals surface area (Å²) in [7, 11) is 3.85. The number of nitrogens with one attached hydrogen (secondary N) is 1. The van der Waals surface area contributed by atoms with E-state index in [2.05, 4.69) is 15.4 Å². The first-order valence-electron chi connectivity index (χ1n) is 5.99. The van der Waals surface area contributed by atoms with Crippen molar-refractivity contribution in [3.05, 3.63) is 6.33 Å². The van der Waals surface area contributed by atoms with Crippen LogP contribution >= 0.6 is 11.8 Å². The van der Waals surface area contributed by atoms with Crippen LogP contribution in [-0.4, -0.2) is 44.3 Å². The summed E-state index contributed by atoms with van der Waals surface area (Å²) in [5.74, 6) is 0. The Labute approximate surface area is 106 Å². The number of aliphatic hydroxyl groups excluding tert-OH is 1. The van der Waals surface area contributed by atoms with Crippen LogP contribution in [0, 0.1) is 0 Å². The molecule has 1 aliphatic rings. The molecule has 0 saturated heterocycles. The van der Waals surface area contributed by atoms with Gasteiger partial charge in [-0.15, -0.1) is 0 Å². The number of hydrogen-bond acceptors (Lipinski definition) is 5. The highest BCUT2D eigenvalue weighted by Gasteiger charge is 2.35. The van der Waals surface area contributed by atoms with E-state index in [9.17, 15) is 5.11 Å². The molecule has 0 aliphatic heterocycles. The molecule has 0 spiro atoms. The maximum absolute atomic E-state index is 9.54. The number of hydrogen-bond donors (Lipinski definition) is 2. The number of nitrogens with zero attached hydrogens (tertiary/aromatic N) is 3. The molecule has 1 aliphatic carbocycles. The van der Waals surface area contributed by atoms with Crippen molar-refractivity contribution >= 4 is 11.8 Å². The van der Waals surface area contributed by atoms with E-state index in [1.807, 2.05) is 14.1 Å². The van der Waals surface area contributed by atoms with E-state index >= 15 is 0 Å². The summed E-state index contributed by atoms with van der Waals surface area (Å²) < 4.78 is 1.80. The minimum Gasteiger partial charge on any atom is -0.394 e. The van der Waals surface area contributed by atoms with Gasteiger partial charge in [-0.05, 0) is 26.3 Å². The van der Waals surface area contributed by atoms with E-state index in [-0.39, 0.29) is 12.1 Å². The Bertz CT molecular complexity index is 364.